The Morgan fingerprint density at radius 2 is 2.09 bits per heavy atom. The Labute approximate surface area is 128 Å². The van der Waals surface area contributed by atoms with Gasteiger partial charge in [-0.3, -0.25) is 19.6 Å². The van der Waals surface area contributed by atoms with Crippen molar-refractivity contribution in [1.29, 1.82) is 0 Å². The van der Waals surface area contributed by atoms with Gasteiger partial charge in [-0.25, -0.2) is 0 Å². The van der Waals surface area contributed by atoms with Crippen molar-refractivity contribution in [3.8, 4) is 0 Å². The van der Waals surface area contributed by atoms with Crippen molar-refractivity contribution in [2.75, 3.05) is 0 Å². The molecule has 116 valence electrons. The molecule has 0 fully saturated rings. The highest BCUT2D eigenvalue weighted by atomic mass is 16.6. The van der Waals surface area contributed by atoms with Gasteiger partial charge < -0.3 is 5.32 Å². The van der Waals surface area contributed by atoms with Gasteiger partial charge in [-0.1, -0.05) is 30.3 Å². The van der Waals surface area contributed by atoms with Crippen LogP contribution in [0.15, 0.2) is 36.5 Å². The summed E-state index contributed by atoms with van der Waals surface area (Å²) in [6.45, 7) is 3.80. The number of nitro groups is 1. The predicted molar refractivity (Wildman–Crippen MR) is 81.2 cm³/mol. The minimum absolute atomic E-state index is 0.0296. The van der Waals surface area contributed by atoms with Crippen molar-refractivity contribution in [3.05, 3.63) is 57.9 Å². The summed E-state index contributed by atoms with van der Waals surface area (Å²) in [4.78, 5) is 22.2. The zero-order valence-corrected chi connectivity index (χ0v) is 12.5. The van der Waals surface area contributed by atoms with Gasteiger partial charge in [0.1, 0.15) is 11.9 Å². The van der Waals surface area contributed by atoms with E-state index in [1.54, 1.807) is 6.92 Å². The average Bonchev–Trinajstić information content (AvgIpc) is 2.87. The number of hydrogen-bond donors (Lipinski definition) is 1. The average molecular weight is 302 g/mol. The third kappa shape index (κ3) is 3.91. The van der Waals surface area contributed by atoms with Crippen LogP contribution in [0.1, 0.15) is 30.6 Å². The minimum Gasteiger partial charge on any atom is -0.350 e. The maximum absolute atomic E-state index is 11.9. The fourth-order valence-corrected chi connectivity index (χ4v) is 2.16. The van der Waals surface area contributed by atoms with E-state index in [-0.39, 0.29) is 24.1 Å². The first-order valence-corrected chi connectivity index (χ1v) is 7.00. The molecule has 1 heterocycles. The van der Waals surface area contributed by atoms with Crippen LogP contribution in [0.5, 0.6) is 0 Å². The van der Waals surface area contributed by atoms with E-state index < -0.39 is 4.92 Å². The highest BCUT2D eigenvalue weighted by Crippen LogP contribution is 2.15. The zero-order chi connectivity index (χ0) is 16.1. The van der Waals surface area contributed by atoms with Crippen molar-refractivity contribution in [2.45, 2.75) is 32.9 Å². The number of aromatic nitrogens is 2. The highest BCUT2D eigenvalue weighted by molar-refractivity contribution is 5.76. The summed E-state index contributed by atoms with van der Waals surface area (Å²) in [6, 6.07) is 9.58. The molecule has 0 bridgehead atoms. The summed E-state index contributed by atoms with van der Waals surface area (Å²) in [6.07, 6.45) is 1.57. The molecule has 1 unspecified atom stereocenters. The van der Waals surface area contributed by atoms with Crippen molar-refractivity contribution in [1.82, 2.24) is 15.1 Å². The summed E-state index contributed by atoms with van der Waals surface area (Å²) < 4.78 is 1.43. The molecular weight excluding hydrogens is 284 g/mol. The molecule has 0 saturated carbocycles. The molecule has 1 atom stereocenters. The van der Waals surface area contributed by atoms with Gasteiger partial charge in [0.15, 0.2) is 0 Å². The molecule has 7 heteroatoms. The molecule has 1 amide bonds. The van der Waals surface area contributed by atoms with Crippen LogP contribution < -0.4 is 5.32 Å². The standard InChI is InChI=1S/C15H18N4O3/c1-11(13-6-4-3-5-7-13)16-15(20)8-9-18-10-14(19(21)22)12(2)17-18/h3-7,10-11H,8-9H2,1-2H3,(H,16,20). The Morgan fingerprint density at radius 3 is 2.68 bits per heavy atom. The van der Waals surface area contributed by atoms with Crippen LogP contribution in [-0.2, 0) is 11.3 Å². The van der Waals surface area contributed by atoms with Crippen molar-refractivity contribution < 1.29 is 9.72 Å². The number of aryl methyl sites for hydroxylation is 2. The third-order valence-corrected chi connectivity index (χ3v) is 3.36. The summed E-state index contributed by atoms with van der Waals surface area (Å²) >= 11 is 0. The van der Waals surface area contributed by atoms with Gasteiger partial charge in [0.2, 0.25) is 5.91 Å². The maximum atomic E-state index is 11.9. The topological polar surface area (TPSA) is 90.1 Å². The number of carbonyl (C=O) groups is 1. The number of amides is 1. The van der Waals surface area contributed by atoms with E-state index in [0.717, 1.165) is 5.56 Å². The molecular formula is C15H18N4O3. The monoisotopic (exact) mass is 302 g/mol. The lowest BCUT2D eigenvalue weighted by molar-refractivity contribution is -0.385. The van der Waals surface area contributed by atoms with Gasteiger partial charge >= 0.3 is 5.69 Å². The fourth-order valence-electron chi connectivity index (χ4n) is 2.16. The van der Waals surface area contributed by atoms with E-state index in [1.165, 1.54) is 10.9 Å². The summed E-state index contributed by atoms with van der Waals surface area (Å²) in [5.74, 6) is -0.118. The third-order valence-electron chi connectivity index (χ3n) is 3.36. The molecule has 1 N–H and O–H groups in total. The van der Waals surface area contributed by atoms with Gasteiger partial charge in [-0.2, -0.15) is 5.10 Å². The second kappa shape index (κ2) is 6.84. The Balaban J connectivity index is 1.88. The molecule has 1 aromatic carbocycles. The molecule has 1 aromatic heterocycles. The van der Waals surface area contributed by atoms with Gasteiger partial charge in [-0.15, -0.1) is 0 Å². The van der Waals surface area contributed by atoms with Crippen LogP contribution in [0.25, 0.3) is 0 Å². The Bertz CT molecular complexity index is 667. The van der Waals surface area contributed by atoms with E-state index in [4.69, 9.17) is 0 Å². The normalized spacial score (nSPS) is 11.9. The molecule has 2 rings (SSSR count). The zero-order valence-electron chi connectivity index (χ0n) is 12.5. The van der Waals surface area contributed by atoms with E-state index in [1.807, 2.05) is 37.3 Å². The lowest BCUT2D eigenvalue weighted by Gasteiger charge is -2.14. The summed E-state index contributed by atoms with van der Waals surface area (Å²) in [7, 11) is 0. The van der Waals surface area contributed by atoms with Crippen molar-refractivity contribution in [3.63, 3.8) is 0 Å². The highest BCUT2D eigenvalue weighted by Gasteiger charge is 2.16. The van der Waals surface area contributed by atoms with E-state index >= 15 is 0 Å². The molecule has 0 aliphatic carbocycles. The molecule has 0 radical (unpaired) electrons. The number of nitrogens with zero attached hydrogens (tertiary/aromatic N) is 3. The second-order valence-electron chi connectivity index (χ2n) is 5.07. The Hall–Kier alpha value is -2.70. The summed E-state index contributed by atoms with van der Waals surface area (Å²) in [5, 5.41) is 17.7. The second-order valence-corrected chi connectivity index (χ2v) is 5.07. The fraction of sp³-hybridized carbons (Fsp3) is 0.333. The first-order chi connectivity index (χ1) is 10.5. The smallest absolute Gasteiger partial charge is 0.309 e. The molecule has 0 spiro atoms. The van der Waals surface area contributed by atoms with Crippen molar-refractivity contribution in [2.24, 2.45) is 0 Å². The van der Waals surface area contributed by atoms with E-state index in [2.05, 4.69) is 10.4 Å². The summed E-state index contributed by atoms with van der Waals surface area (Å²) in [5.41, 5.74) is 1.35. The lowest BCUT2D eigenvalue weighted by atomic mass is 10.1. The van der Waals surface area contributed by atoms with Crippen LogP contribution in [0.2, 0.25) is 0 Å². The molecule has 0 aliphatic rings. The molecule has 0 aliphatic heterocycles. The number of nitrogens with one attached hydrogen (secondary N) is 1. The molecule has 0 saturated heterocycles. The molecule has 2 aromatic rings. The number of carbonyl (C=O) groups excluding carboxylic acids is 1. The number of benzene rings is 1. The largest absolute Gasteiger partial charge is 0.350 e. The van der Waals surface area contributed by atoms with Gasteiger partial charge in [-0.05, 0) is 19.4 Å². The minimum atomic E-state index is -0.476. The molecule has 22 heavy (non-hydrogen) atoms. The van der Waals surface area contributed by atoms with Crippen LogP contribution in [0.3, 0.4) is 0 Å². The van der Waals surface area contributed by atoms with Crippen LogP contribution in [0.4, 0.5) is 5.69 Å². The van der Waals surface area contributed by atoms with Crippen LogP contribution >= 0.6 is 0 Å². The van der Waals surface area contributed by atoms with Gasteiger partial charge in [0.05, 0.1) is 11.0 Å². The van der Waals surface area contributed by atoms with E-state index in [9.17, 15) is 14.9 Å². The molecule has 7 nitrogen and oxygen atoms in total. The van der Waals surface area contributed by atoms with Gasteiger partial charge in [0, 0.05) is 13.0 Å². The SMILES string of the molecule is Cc1nn(CCC(=O)NC(C)c2ccccc2)cc1[N+](=O)[O-]. The first-order valence-electron chi connectivity index (χ1n) is 7.00. The first kappa shape index (κ1) is 15.7. The maximum Gasteiger partial charge on any atom is 0.309 e. The lowest BCUT2D eigenvalue weighted by Crippen LogP contribution is -2.27. The van der Waals surface area contributed by atoms with Crippen molar-refractivity contribution >= 4 is 11.6 Å². The van der Waals surface area contributed by atoms with Gasteiger partial charge in [0.25, 0.3) is 0 Å². The van der Waals surface area contributed by atoms with E-state index in [0.29, 0.717) is 12.2 Å². The van der Waals surface area contributed by atoms with Crippen LogP contribution in [-0.4, -0.2) is 20.6 Å². The quantitative estimate of drug-likeness (QED) is 0.655. The number of hydrogen-bond acceptors (Lipinski definition) is 4. The Morgan fingerprint density at radius 1 is 1.41 bits per heavy atom. The number of rotatable bonds is 6. The predicted octanol–water partition coefficient (Wildman–Crippen LogP) is 2.37. The Kier molecular flexibility index (Phi) is 4.88. The van der Waals surface area contributed by atoms with Crippen LogP contribution in [0, 0.1) is 17.0 Å².